The zero-order chi connectivity index (χ0) is 15.2. The molecule has 1 aromatic rings. The quantitative estimate of drug-likeness (QED) is 0.839. The van der Waals surface area contributed by atoms with Crippen LogP contribution in [0.1, 0.15) is 23.2 Å². The SMILES string of the molecule is O=C(COc1c(Br)cccc1C(=O)O)NC1CCOCC1. The zero-order valence-electron chi connectivity index (χ0n) is 11.3. The van der Waals surface area contributed by atoms with Crippen molar-refractivity contribution in [3.8, 4) is 5.75 Å². The summed E-state index contributed by atoms with van der Waals surface area (Å²) in [5.41, 5.74) is 0.0169. The highest BCUT2D eigenvalue weighted by atomic mass is 79.9. The number of benzene rings is 1. The number of carboxylic acid groups (broad SMARTS) is 1. The minimum atomic E-state index is -1.10. The van der Waals surface area contributed by atoms with Gasteiger partial charge in [-0.3, -0.25) is 4.79 Å². The summed E-state index contributed by atoms with van der Waals surface area (Å²) in [6, 6.07) is 4.78. The molecular formula is C14H16BrNO5. The number of carbonyl (C=O) groups excluding carboxylic acids is 1. The maximum absolute atomic E-state index is 11.8. The number of para-hydroxylation sites is 1. The van der Waals surface area contributed by atoms with E-state index in [-0.39, 0.29) is 29.9 Å². The normalized spacial score (nSPS) is 15.5. The molecule has 7 heteroatoms. The molecule has 6 nitrogen and oxygen atoms in total. The maximum Gasteiger partial charge on any atom is 0.339 e. The standard InChI is InChI=1S/C14H16BrNO5/c15-11-3-1-2-10(14(18)19)13(11)21-8-12(17)16-9-4-6-20-7-5-9/h1-3,9H,4-8H2,(H,16,17)(H,18,19). The summed E-state index contributed by atoms with van der Waals surface area (Å²) in [6.45, 7) is 1.05. The number of nitrogens with one attached hydrogen (secondary N) is 1. The molecule has 114 valence electrons. The Bertz CT molecular complexity index is 528. The molecule has 1 fully saturated rings. The Morgan fingerprint density at radius 2 is 2.10 bits per heavy atom. The fourth-order valence-electron chi connectivity index (χ4n) is 2.07. The van der Waals surface area contributed by atoms with Crippen molar-refractivity contribution in [2.24, 2.45) is 0 Å². The summed E-state index contributed by atoms with van der Waals surface area (Å²) in [5, 5.41) is 12.0. The van der Waals surface area contributed by atoms with Gasteiger partial charge in [-0.05, 0) is 40.9 Å². The first-order valence-corrected chi connectivity index (χ1v) is 7.39. The molecule has 0 radical (unpaired) electrons. The molecule has 1 heterocycles. The number of rotatable bonds is 5. The van der Waals surface area contributed by atoms with Gasteiger partial charge in [-0.15, -0.1) is 0 Å². The summed E-state index contributed by atoms with van der Waals surface area (Å²) in [7, 11) is 0. The molecule has 0 spiro atoms. The van der Waals surface area contributed by atoms with E-state index < -0.39 is 5.97 Å². The number of hydrogen-bond acceptors (Lipinski definition) is 4. The van der Waals surface area contributed by atoms with Crippen LogP contribution in [-0.4, -0.2) is 42.8 Å². The molecule has 1 aliphatic rings. The fourth-order valence-corrected chi connectivity index (χ4v) is 2.55. The summed E-state index contributed by atoms with van der Waals surface area (Å²) < 4.78 is 11.1. The molecule has 1 aliphatic heterocycles. The number of ether oxygens (including phenoxy) is 2. The van der Waals surface area contributed by atoms with Crippen LogP contribution in [0.25, 0.3) is 0 Å². The molecule has 1 saturated heterocycles. The molecule has 1 amide bonds. The van der Waals surface area contributed by atoms with Crippen LogP contribution < -0.4 is 10.1 Å². The van der Waals surface area contributed by atoms with E-state index in [2.05, 4.69) is 21.2 Å². The number of aromatic carboxylic acids is 1. The Kier molecular flexibility index (Phi) is 5.58. The second kappa shape index (κ2) is 7.42. The number of halogens is 1. The van der Waals surface area contributed by atoms with Gasteiger partial charge in [-0.2, -0.15) is 0 Å². The molecule has 21 heavy (non-hydrogen) atoms. The maximum atomic E-state index is 11.8. The molecular weight excluding hydrogens is 342 g/mol. The Balaban J connectivity index is 1.93. The summed E-state index contributed by atoms with van der Waals surface area (Å²) in [6.07, 6.45) is 1.56. The van der Waals surface area contributed by atoms with Crippen molar-refractivity contribution in [3.63, 3.8) is 0 Å². The van der Waals surface area contributed by atoms with Gasteiger partial charge >= 0.3 is 5.97 Å². The smallest absolute Gasteiger partial charge is 0.339 e. The van der Waals surface area contributed by atoms with Crippen LogP contribution in [-0.2, 0) is 9.53 Å². The monoisotopic (exact) mass is 357 g/mol. The van der Waals surface area contributed by atoms with E-state index in [9.17, 15) is 9.59 Å². The lowest BCUT2D eigenvalue weighted by molar-refractivity contribution is -0.124. The van der Waals surface area contributed by atoms with E-state index in [1.807, 2.05) is 0 Å². The van der Waals surface area contributed by atoms with Crippen LogP contribution >= 0.6 is 15.9 Å². The van der Waals surface area contributed by atoms with Gasteiger partial charge in [-0.25, -0.2) is 4.79 Å². The van der Waals surface area contributed by atoms with Crippen LogP contribution in [0.2, 0.25) is 0 Å². The number of carbonyl (C=O) groups is 2. The number of amides is 1. The van der Waals surface area contributed by atoms with E-state index in [4.69, 9.17) is 14.6 Å². The van der Waals surface area contributed by atoms with Crippen molar-refractivity contribution in [1.29, 1.82) is 0 Å². The lowest BCUT2D eigenvalue weighted by Gasteiger charge is -2.23. The van der Waals surface area contributed by atoms with Gasteiger partial charge in [-0.1, -0.05) is 6.07 Å². The molecule has 0 atom stereocenters. The third-order valence-electron chi connectivity index (χ3n) is 3.13. The number of carboxylic acids is 1. The molecule has 2 rings (SSSR count). The molecule has 0 aliphatic carbocycles. The van der Waals surface area contributed by atoms with E-state index in [1.54, 1.807) is 12.1 Å². The van der Waals surface area contributed by atoms with Gasteiger partial charge in [0, 0.05) is 19.3 Å². The Morgan fingerprint density at radius 1 is 1.38 bits per heavy atom. The minimum Gasteiger partial charge on any atom is -0.482 e. The molecule has 0 aromatic heterocycles. The van der Waals surface area contributed by atoms with E-state index in [0.29, 0.717) is 17.7 Å². The van der Waals surface area contributed by atoms with Crippen molar-refractivity contribution in [2.45, 2.75) is 18.9 Å². The van der Waals surface area contributed by atoms with Gasteiger partial charge in [0.25, 0.3) is 5.91 Å². The third kappa shape index (κ3) is 4.44. The lowest BCUT2D eigenvalue weighted by Crippen LogP contribution is -2.41. The average molecular weight is 358 g/mol. The molecule has 0 bridgehead atoms. The van der Waals surface area contributed by atoms with Gasteiger partial charge in [0.15, 0.2) is 6.61 Å². The van der Waals surface area contributed by atoms with Gasteiger partial charge in [0.05, 0.1) is 4.47 Å². The molecule has 1 aromatic carbocycles. The van der Waals surface area contributed by atoms with E-state index in [0.717, 1.165) is 12.8 Å². The van der Waals surface area contributed by atoms with Crippen LogP contribution in [0.3, 0.4) is 0 Å². The van der Waals surface area contributed by atoms with Gasteiger partial charge in [0.1, 0.15) is 11.3 Å². The highest BCUT2D eigenvalue weighted by Crippen LogP contribution is 2.29. The first-order valence-electron chi connectivity index (χ1n) is 6.59. The Morgan fingerprint density at radius 3 is 2.76 bits per heavy atom. The fraction of sp³-hybridized carbons (Fsp3) is 0.429. The topological polar surface area (TPSA) is 84.9 Å². The van der Waals surface area contributed by atoms with Crippen molar-refractivity contribution in [1.82, 2.24) is 5.32 Å². The first-order chi connectivity index (χ1) is 10.1. The predicted molar refractivity (Wildman–Crippen MR) is 78.6 cm³/mol. The van der Waals surface area contributed by atoms with Crippen molar-refractivity contribution >= 4 is 27.8 Å². The van der Waals surface area contributed by atoms with Crippen LogP contribution in [0, 0.1) is 0 Å². The first kappa shape index (κ1) is 15.8. The van der Waals surface area contributed by atoms with Crippen molar-refractivity contribution in [3.05, 3.63) is 28.2 Å². The Hall–Kier alpha value is -1.60. The molecule has 2 N–H and O–H groups in total. The second-order valence-corrected chi connectivity index (χ2v) is 5.52. The van der Waals surface area contributed by atoms with Crippen LogP contribution in [0.4, 0.5) is 0 Å². The summed E-state index contributed by atoms with van der Waals surface area (Å²) >= 11 is 3.23. The van der Waals surface area contributed by atoms with Crippen molar-refractivity contribution < 1.29 is 24.2 Å². The molecule has 0 saturated carbocycles. The second-order valence-electron chi connectivity index (χ2n) is 4.66. The highest BCUT2D eigenvalue weighted by Gasteiger charge is 2.18. The highest BCUT2D eigenvalue weighted by molar-refractivity contribution is 9.10. The summed E-state index contributed by atoms with van der Waals surface area (Å²) in [5.74, 6) is -1.21. The molecule has 0 unspecified atom stereocenters. The van der Waals surface area contributed by atoms with Crippen molar-refractivity contribution in [2.75, 3.05) is 19.8 Å². The Labute approximate surface area is 130 Å². The van der Waals surface area contributed by atoms with Crippen LogP contribution in [0.5, 0.6) is 5.75 Å². The van der Waals surface area contributed by atoms with E-state index >= 15 is 0 Å². The zero-order valence-corrected chi connectivity index (χ0v) is 12.9. The van der Waals surface area contributed by atoms with Gasteiger partial charge in [0.2, 0.25) is 0 Å². The minimum absolute atomic E-state index is 0.0169. The largest absolute Gasteiger partial charge is 0.482 e. The third-order valence-corrected chi connectivity index (χ3v) is 3.76. The lowest BCUT2D eigenvalue weighted by atomic mass is 10.1. The number of hydrogen-bond donors (Lipinski definition) is 2. The average Bonchev–Trinajstić information content (AvgIpc) is 2.46. The summed E-state index contributed by atoms with van der Waals surface area (Å²) in [4.78, 5) is 23.0. The predicted octanol–water partition coefficient (Wildman–Crippen LogP) is 1.82. The van der Waals surface area contributed by atoms with Gasteiger partial charge < -0.3 is 19.9 Å². The van der Waals surface area contributed by atoms with Crippen LogP contribution in [0.15, 0.2) is 22.7 Å². The van der Waals surface area contributed by atoms with E-state index in [1.165, 1.54) is 6.07 Å².